The van der Waals surface area contributed by atoms with Gasteiger partial charge in [0.05, 0.1) is 16.8 Å². The first kappa shape index (κ1) is 24.8. The molecule has 2 aromatic carbocycles. The first-order valence-corrected chi connectivity index (χ1v) is 12.1. The first-order valence-electron chi connectivity index (χ1n) is 12.1. The third-order valence-corrected chi connectivity index (χ3v) is 7.09. The van der Waals surface area contributed by atoms with Gasteiger partial charge in [-0.05, 0) is 68.5 Å². The highest BCUT2D eigenvalue weighted by molar-refractivity contribution is 5.92. The molecule has 190 valence electrons. The fraction of sp³-hybridized carbons (Fsp3) is 0.321. The number of benzene rings is 2. The normalized spacial score (nSPS) is 14.8. The largest absolute Gasteiger partial charge is 0.416 e. The summed E-state index contributed by atoms with van der Waals surface area (Å²) >= 11 is 0. The Balaban J connectivity index is 1.69. The number of rotatable bonds is 6. The topological polar surface area (TPSA) is 66.5 Å². The summed E-state index contributed by atoms with van der Waals surface area (Å²) in [5, 5.41) is 13.0. The maximum atomic E-state index is 15.1. The van der Waals surface area contributed by atoms with Crippen molar-refractivity contribution in [1.29, 1.82) is 5.26 Å². The Morgan fingerprint density at radius 3 is 2.46 bits per heavy atom. The van der Waals surface area contributed by atoms with Crippen LogP contribution in [0.15, 0.2) is 48.5 Å². The minimum absolute atomic E-state index is 0.0150. The lowest BCUT2D eigenvalue weighted by atomic mass is 9.80. The highest BCUT2D eigenvalue weighted by atomic mass is 19.4. The van der Waals surface area contributed by atoms with Crippen molar-refractivity contribution in [3.8, 4) is 17.3 Å². The fourth-order valence-electron chi connectivity index (χ4n) is 4.80. The fourth-order valence-corrected chi connectivity index (χ4v) is 4.80. The van der Waals surface area contributed by atoms with Crippen LogP contribution in [0.25, 0.3) is 22.3 Å². The second kappa shape index (κ2) is 9.51. The average molecular weight is 508 g/mol. The molecule has 4 aromatic rings. The van der Waals surface area contributed by atoms with Crippen molar-refractivity contribution in [1.82, 2.24) is 14.5 Å². The van der Waals surface area contributed by atoms with E-state index in [4.69, 9.17) is 0 Å². The van der Waals surface area contributed by atoms with E-state index in [9.17, 15) is 18.4 Å². The molecule has 0 saturated heterocycles. The Morgan fingerprint density at radius 2 is 1.84 bits per heavy atom. The third-order valence-electron chi connectivity index (χ3n) is 7.09. The van der Waals surface area contributed by atoms with Gasteiger partial charge in [0.2, 0.25) is 5.82 Å². The first-order chi connectivity index (χ1) is 17.6. The Morgan fingerprint density at radius 1 is 1.11 bits per heavy atom. The summed E-state index contributed by atoms with van der Waals surface area (Å²) in [7, 11) is 0. The summed E-state index contributed by atoms with van der Waals surface area (Å²) < 4.78 is 56.2. The molecule has 0 bridgehead atoms. The summed E-state index contributed by atoms with van der Waals surface area (Å²) in [5.74, 6) is 0.473. The third kappa shape index (κ3) is 4.88. The van der Waals surface area contributed by atoms with Gasteiger partial charge in [-0.2, -0.15) is 23.4 Å². The molecular weight excluding hydrogens is 482 g/mol. The summed E-state index contributed by atoms with van der Waals surface area (Å²) in [6, 6.07) is 13.5. The number of nitriles is 1. The van der Waals surface area contributed by atoms with E-state index in [1.807, 2.05) is 17.6 Å². The number of fused-ring (bicyclic) bond motifs is 1. The zero-order chi connectivity index (χ0) is 26.3. The second-order valence-electron chi connectivity index (χ2n) is 9.66. The SMILES string of the molecule is Cc1ccc(F)c(-c2cc3nc(C#N)nc(NC(C)C4CCC4)c3n2Cc2ccc(C(F)(F)F)cc2)c1. The lowest BCUT2D eigenvalue weighted by Gasteiger charge is -2.32. The van der Waals surface area contributed by atoms with Crippen LogP contribution in [0.2, 0.25) is 0 Å². The number of aromatic nitrogens is 3. The maximum Gasteiger partial charge on any atom is 0.416 e. The molecule has 2 heterocycles. The van der Waals surface area contributed by atoms with Crippen molar-refractivity contribution in [2.75, 3.05) is 5.32 Å². The number of halogens is 4. The molecule has 1 atom stereocenters. The summed E-state index contributed by atoms with van der Waals surface area (Å²) in [4.78, 5) is 8.83. The van der Waals surface area contributed by atoms with Crippen molar-refractivity contribution in [3.05, 3.63) is 76.9 Å². The molecule has 1 saturated carbocycles. The molecular formula is C28H25F4N5. The minimum Gasteiger partial charge on any atom is -0.365 e. The molecule has 37 heavy (non-hydrogen) atoms. The molecule has 5 rings (SSSR count). The smallest absolute Gasteiger partial charge is 0.365 e. The van der Waals surface area contributed by atoms with E-state index in [0.29, 0.717) is 39.6 Å². The van der Waals surface area contributed by atoms with E-state index in [1.165, 1.54) is 24.6 Å². The van der Waals surface area contributed by atoms with Gasteiger partial charge in [0.15, 0.2) is 5.82 Å². The summed E-state index contributed by atoms with van der Waals surface area (Å²) in [6.45, 7) is 4.08. The van der Waals surface area contributed by atoms with Crippen molar-refractivity contribution >= 4 is 16.9 Å². The van der Waals surface area contributed by atoms with Crippen LogP contribution in [0.4, 0.5) is 23.4 Å². The zero-order valence-electron chi connectivity index (χ0n) is 20.4. The van der Waals surface area contributed by atoms with Crippen LogP contribution in [0, 0.1) is 30.0 Å². The van der Waals surface area contributed by atoms with Crippen LogP contribution in [0.1, 0.15) is 48.7 Å². The van der Waals surface area contributed by atoms with Gasteiger partial charge in [-0.1, -0.05) is 30.2 Å². The van der Waals surface area contributed by atoms with Gasteiger partial charge < -0.3 is 9.88 Å². The van der Waals surface area contributed by atoms with Gasteiger partial charge in [0.25, 0.3) is 0 Å². The van der Waals surface area contributed by atoms with Gasteiger partial charge >= 0.3 is 6.18 Å². The Labute approximate surface area is 211 Å². The zero-order valence-corrected chi connectivity index (χ0v) is 20.4. The van der Waals surface area contributed by atoms with Gasteiger partial charge in [-0.3, -0.25) is 0 Å². The molecule has 1 unspecified atom stereocenters. The Hall–Kier alpha value is -3.93. The highest BCUT2D eigenvalue weighted by Gasteiger charge is 2.30. The van der Waals surface area contributed by atoms with Crippen molar-refractivity contribution in [2.24, 2.45) is 5.92 Å². The van der Waals surface area contributed by atoms with Crippen LogP contribution in [-0.2, 0) is 12.7 Å². The summed E-state index contributed by atoms with van der Waals surface area (Å²) in [5.41, 5.74) is 2.57. The Bertz CT molecular complexity index is 1490. The number of hydrogen-bond donors (Lipinski definition) is 1. The van der Waals surface area contributed by atoms with E-state index >= 15 is 4.39 Å². The lowest BCUT2D eigenvalue weighted by Crippen LogP contribution is -2.31. The van der Waals surface area contributed by atoms with E-state index in [0.717, 1.165) is 30.5 Å². The van der Waals surface area contributed by atoms with Crippen LogP contribution >= 0.6 is 0 Å². The molecule has 1 aliphatic carbocycles. The monoisotopic (exact) mass is 507 g/mol. The van der Waals surface area contributed by atoms with E-state index in [2.05, 4.69) is 22.2 Å². The lowest BCUT2D eigenvalue weighted by molar-refractivity contribution is -0.137. The minimum atomic E-state index is -4.44. The standard InChI is InChI=1S/C28H25F4N5/c1-16-6-11-22(29)21(12-16)24-13-23-26(37(24)15-18-7-9-20(10-8-18)28(30,31)32)27(36-25(14-33)35-23)34-17(2)19-4-3-5-19/h6-13,17,19H,3-5,15H2,1-2H3,(H,34,35,36). The molecule has 1 fully saturated rings. The Kier molecular flexibility index (Phi) is 6.36. The second-order valence-corrected chi connectivity index (χ2v) is 9.66. The number of nitrogens with one attached hydrogen (secondary N) is 1. The number of alkyl halides is 3. The summed E-state index contributed by atoms with van der Waals surface area (Å²) in [6.07, 6.45) is -1.08. The van der Waals surface area contributed by atoms with Gasteiger partial charge in [-0.15, -0.1) is 0 Å². The van der Waals surface area contributed by atoms with E-state index in [1.54, 1.807) is 18.2 Å². The predicted molar refractivity (Wildman–Crippen MR) is 133 cm³/mol. The molecule has 0 amide bonds. The molecule has 1 N–H and O–H groups in total. The molecule has 9 heteroatoms. The molecule has 0 aliphatic heterocycles. The molecule has 5 nitrogen and oxygen atoms in total. The van der Waals surface area contributed by atoms with Crippen molar-refractivity contribution < 1.29 is 17.6 Å². The van der Waals surface area contributed by atoms with Gasteiger partial charge in [0, 0.05) is 18.2 Å². The quantitative estimate of drug-likeness (QED) is 0.283. The number of hydrogen-bond acceptors (Lipinski definition) is 4. The van der Waals surface area contributed by atoms with Crippen LogP contribution in [0.5, 0.6) is 0 Å². The van der Waals surface area contributed by atoms with Crippen molar-refractivity contribution in [2.45, 2.75) is 51.9 Å². The van der Waals surface area contributed by atoms with Crippen molar-refractivity contribution in [3.63, 3.8) is 0 Å². The maximum absolute atomic E-state index is 15.1. The van der Waals surface area contributed by atoms with E-state index < -0.39 is 17.6 Å². The molecule has 1 aliphatic rings. The highest BCUT2D eigenvalue weighted by Crippen LogP contribution is 2.36. The molecule has 2 aromatic heterocycles. The van der Waals surface area contributed by atoms with Crippen LogP contribution in [0.3, 0.4) is 0 Å². The molecule has 0 spiro atoms. The number of anilines is 1. The van der Waals surface area contributed by atoms with E-state index in [-0.39, 0.29) is 18.4 Å². The van der Waals surface area contributed by atoms with Crippen LogP contribution in [-0.4, -0.2) is 20.6 Å². The predicted octanol–water partition coefficient (Wildman–Crippen LogP) is 7.09. The number of nitrogens with zero attached hydrogens (tertiary/aromatic N) is 4. The molecule has 0 radical (unpaired) electrons. The van der Waals surface area contributed by atoms with Gasteiger partial charge in [-0.25, -0.2) is 9.37 Å². The van der Waals surface area contributed by atoms with Gasteiger partial charge in [0.1, 0.15) is 17.4 Å². The average Bonchev–Trinajstić information content (AvgIpc) is 3.17. The van der Waals surface area contributed by atoms with Crippen LogP contribution < -0.4 is 5.32 Å². The number of aryl methyl sites for hydroxylation is 1.